The average Bonchev–Trinajstić information content (AvgIpc) is 3.31. The fraction of sp³-hybridized carbons (Fsp3) is 0.524. The lowest BCUT2D eigenvalue weighted by atomic mass is 9.98. The largest absolute Gasteiger partial charge is 0.497 e. The van der Waals surface area contributed by atoms with Crippen LogP contribution in [0.4, 0.5) is 10.3 Å². The van der Waals surface area contributed by atoms with Gasteiger partial charge in [-0.15, -0.1) is 0 Å². The molecule has 0 radical (unpaired) electrons. The Bertz CT molecular complexity index is 852. The van der Waals surface area contributed by atoms with E-state index < -0.39 is 0 Å². The Labute approximate surface area is 159 Å². The maximum absolute atomic E-state index is 14.3. The molecule has 2 bridgehead atoms. The lowest BCUT2D eigenvalue weighted by molar-refractivity contribution is 0.164. The lowest BCUT2D eigenvalue weighted by Crippen LogP contribution is -2.38. The molecule has 5 rings (SSSR count). The summed E-state index contributed by atoms with van der Waals surface area (Å²) in [5.41, 5.74) is 3.13. The second-order valence-corrected chi connectivity index (χ2v) is 7.85. The number of fused-ring (bicyclic) bond motifs is 4. The molecule has 0 saturated carbocycles. The molecule has 2 aromatic rings. The maximum Gasteiger partial charge on any atom is 0.225 e. The summed E-state index contributed by atoms with van der Waals surface area (Å²) in [6.45, 7) is 2.73. The Morgan fingerprint density at radius 1 is 1.22 bits per heavy atom. The smallest absolute Gasteiger partial charge is 0.225 e. The highest BCUT2D eigenvalue weighted by atomic mass is 19.1. The summed E-state index contributed by atoms with van der Waals surface area (Å²) >= 11 is 0. The zero-order valence-corrected chi connectivity index (χ0v) is 15.7. The van der Waals surface area contributed by atoms with Crippen LogP contribution in [0.1, 0.15) is 48.5 Å². The number of benzene rings is 1. The fourth-order valence-corrected chi connectivity index (χ4v) is 4.88. The third kappa shape index (κ3) is 2.96. The Kier molecular flexibility index (Phi) is 4.23. The van der Waals surface area contributed by atoms with Crippen molar-refractivity contribution in [3.63, 3.8) is 0 Å². The highest BCUT2D eigenvalue weighted by molar-refractivity contribution is 5.38. The van der Waals surface area contributed by atoms with Crippen molar-refractivity contribution in [2.75, 3.05) is 25.1 Å². The van der Waals surface area contributed by atoms with Crippen molar-refractivity contribution >= 4 is 5.95 Å². The van der Waals surface area contributed by atoms with Crippen molar-refractivity contribution in [3.8, 4) is 5.75 Å². The molecule has 3 aliphatic rings. The molecule has 27 heavy (non-hydrogen) atoms. The van der Waals surface area contributed by atoms with E-state index in [1.807, 2.05) is 12.3 Å². The molecule has 2 fully saturated rings. The molecule has 5 nitrogen and oxygen atoms in total. The van der Waals surface area contributed by atoms with Gasteiger partial charge in [-0.2, -0.15) is 0 Å². The van der Waals surface area contributed by atoms with Crippen LogP contribution in [0.5, 0.6) is 5.75 Å². The van der Waals surface area contributed by atoms with Gasteiger partial charge < -0.3 is 9.64 Å². The first-order chi connectivity index (χ1) is 13.2. The summed E-state index contributed by atoms with van der Waals surface area (Å²) in [5.74, 6) is 1.43. The van der Waals surface area contributed by atoms with Gasteiger partial charge in [0.2, 0.25) is 5.95 Å². The molecule has 2 atom stereocenters. The van der Waals surface area contributed by atoms with Crippen LogP contribution in [-0.2, 0) is 13.0 Å². The minimum absolute atomic E-state index is 0.165. The molecule has 0 amide bonds. The third-order valence-electron chi connectivity index (χ3n) is 6.31. The average molecular weight is 368 g/mol. The van der Waals surface area contributed by atoms with Gasteiger partial charge in [-0.25, -0.2) is 14.4 Å². The Morgan fingerprint density at radius 2 is 2.07 bits per heavy atom. The molecule has 6 heteroatoms. The van der Waals surface area contributed by atoms with Crippen LogP contribution in [0.3, 0.4) is 0 Å². The first-order valence-electron chi connectivity index (χ1n) is 9.92. The summed E-state index contributed by atoms with van der Waals surface area (Å²) in [7, 11) is 1.62. The van der Waals surface area contributed by atoms with Crippen LogP contribution < -0.4 is 9.64 Å². The highest BCUT2D eigenvalue weighted by Crippen LogP contribution is 2.44. The van der Waals surface area contributed by atoms with Crippen molar-refractivity contribution in [3.05, 3.63) is 47.0 Å². The number of ether oxygens (including phenoxy) is 1. The van der Waals surface area contributed by atoms with Crippen LogP contribution in [0, 0.1) is 5.82 Å². The molecule has 142 valence electrons. The van der Waals surface area contributed by atoms with Crippen molar-refractivity contribution in [1.29, 1.82) is 0 Å². The molecule has 2 saturated heterocycles. The van der Waals surface area contributed by atoms with Gasteiger partial charge in [-0.3, -0.25) is 4.90 Å². The molecule has 0 spiro atoms. The predicted molar refractivity (Wildman–Crippen MR) is 101 cm³/mol. The minimum atomic E-state index is -0.165. The van der Waals surface area contributed by atoms with E-state index in [4.69, 9.17) is 9.72 Å². The van der Waals surface area contributed by atoms with E-state index in [-0.39, 0.29) is 11.9 Å². The maximum atomic E-state index is 14.3. The second kappa shape index (κ2) is 6.75. The summed E-state index contributed by atoms with van der Waals surface area (Å²) in [4.78, 5) is 14.3. The quantitative estimate of drug-likeness (QED) is 0.826. The van der Waals surface area contributed by atoms with E-state index in [1.54, 1.807) is 13.2 Å². The van der Waals surface area contributed by atoms with Crippen LogP contribution >= 0.6 is 0 Å². The number of methoxy groups -OCH3 is 1. The fourth-order valence-electron chi connectivity index (χ4n) is 4.88. The number of hydrogen-bond acceptors (Lipinski definition) is 5. The van der Waals surface area contributed by atoms with Crippen molar-refractivity contribution in [2.45, 2.75) is 50.7 Å². The predicted octanol–water partition coefficient (Wildman–Crippen LogP) is 3.49. The van der Waals surface area contributed by atoms with E-state index in [0.717, 1.165) is 38.3 Å². The zero-order valence-electron chi connectivity index (χ0n) is 15.7. The summed E-state index contributed by atoms with van der Waals surface area (Å²) in [6, 6.07) is 5.70. The number of nitrogens with zero attached hydrogens (tertiary/aromatic N) is 4. The van der Waals surface area contributed by atoms with Crippen LogP contribution in [-0.4, -0.2) is 41.1 Å². The van der Waals surface area contributed by atoms with Crippen LogP contribution in [0.15, 0.2) is 24.4 Å². The molecule has 2 unspecified atom stereocenters. The molecular formula is C21H25FN4O. The molecule has 4 heterocycles. The minimum Gasteiger partial charge on any atom is -0.497 e. The van der Waals surface area contributed by atoms with Gasteiger partial charge in [0.15, 0.2) is 0 Å². The molecular weight excluding hydrogens is 343 g/mol. The van der Waals surface area contributed by atoms with Gasteiger partial charge in [0, 0.05) is 55.5 Å². The van der Waals surface area contributed by atoms with Crippen LogP contribution in [0.2, 0.25) is 0 Å². The number of anilines is 1. The Balaban J connectivity index is 1.42. The summed E-state index contributed by atoms with van der Waals surface area (Å²) in [6.07, 6.45) is 7.64. The monoisotopic (exact) mass is 368 g/mol. The molecule has 3 aliphatic heterocycles. The summed E-state index contributed by atoms with van der Waals surface area (Å²) in [5, 5.41) is 0. The van der Waals surface area contributed by atoms with Gasteiger partial charge in [-0.1, -0.05) is 0 Å². The first-order valence-corrected chi connectivity index (χ1v) is 9.92. The topological polar surface area (TPSA) is 41.5 Å². The van der Waals surface area contributed by atoms with Gasteiger partial charge in [0.1, 0.15) is 11.6 Å². The molecule has 1 aromatic heterocycles. The normalized spacial score (nSPS) is 24.3. The number of rotatable bonds is 4. The highest BCUT2D eigenvalue weighted by Gasteiger charge is 2.41. The standard InChI is InChI=1S/C21H25FN4O/c1-27-16-5-6-18(22)14(10-16)13-26-15-4-7-20(26)17-12-23-21(24-19(17)11-15)25-8-2-3-9-25/h5-6,10,12,15,20H,2-4,7-9,11,13H2,1H3. The first kappa shape index (κ1) is 16.9. The SMILES string of the molecule is COc1ccc(F)c(CN2C3CCC2c2cnc(N4CCCC4)nc2C3)c1. The number of halogens is 1. The van der Waals surface area contributed by atoms with E-state index in [0.29, 0.717) is 23.9 Å². The van der Waals surface area contributed by atoms with Crippen molar-refractivity contribution in [1.82, 2.24) is 14.9 Å². The Hall–Kier alpha value is -2.21. The van der Waals surface area contributed by atoms with E-state index in [9.17, 15) is 4.39 Å². The molecule has 1 aromatic carbocycles. The molecule has 0 N–H and O–H groups in total. The number of aromatic nitrogens is 2. The third-order valence-corrected chi connectivity index (χ3v) is 6.31. The van der Waals surface area contributed by atoms with E-state index in [1.165, 1.54) is 30.2 Å². The van der Waals surface area contributed by atoms with Gasteiger partial charge in [-0.05, 0) is 43.9 Å². The van der Waals surface area contributed by atoms with Crippen molar-refractivity contribution < 1.29 is 9.13 Å². The van der Waals surface area contributed by atoms with E-state index in [2.05, 4.69) is 14.8 Å². The lowest BCUT2D eigenvalue weighted by Gasteiger charge is -2.36. The van der Waals surface area contributed by atoms with Crippen molar-refractivity contribution in [2.24, 2.45) is 0 Å². The molecule has 0 aliphatic carbocycles. The van der Waals surface area contributed by atoms with Crippen LogP contribution in [0.25, 0.3) is 0 Å². The van der Waals surface area contributed by atoms with Gasteiger partial charge in [0.25, 0.3) is 0 Å². The van der Waals surface area contributed by atoms with E-state index >= 15 is 0 Å². The van der Waals surface area contributed by atoms with Gasteiger partial charge >= 0.3 is 0 Å². The zero-order chi connectivity index (χ0) is 18.4. The van der Waals surface area contributed by atoms with Gasteiger partial charge in [0.05, 0.1) is 12.8 Å². The summed E-state index contributed by atoms with van der Waals surface area (Å²) < 4.78 is 19.6. The second-order valence-electron chi connectivity index (χ2n) is 7.85. The Morgan fingerprint density at radius 3 is 2.89 bits per heavy atom. The number of hydrogen-bond donors (Lipinski definition) is 0.